The van der Waals surface area contributed by atoms with E-state index in [4.69, 9.17) is 16.3 Å². The van der Waals surface area contributed by atoms with Crippen molar-refractivity contribution in [2.45, 2.75) is 25.3 Å². The van der Waals surface area contributed by atoms with Crippen LogP contribution in [0.25, 0.3) is 11.0 Å². The Kier molecular flexibility index (Phi) is 4.57. The maximum atomic E-state index is 10.7. The third-order valence-corrected chi connectivity index (χ3v) is 4.77. The highest BCUT2D eigenvalue weighted by Crippen LogP contribution is 2.24. The van der Waals surface area contributed by atoms with E-state index in [2.05, 4.69) is 10.3 Å². The number of aliphatic hydroxyl groups is 1. The third kappa shape index (κ3) is 3.46. The molecule has 2 aromatic carbocycles. The number of para-hydroxylation sites is 1. The molecule has 7 heteroatoms. The number of rotatable bonds is 4. The van der Waals surface area contributed by atoms with E-state index in [1.54, 1.807) is 4.68 Å². The monoisotopic (exact) mass is 358 g/mol. The number of benzene rings is 2. The minimum Gasteiger partial charge on any atom is -0.490 e. The molecule has 1 unspecified atom stereocenters. The second-order valence-corrected chi connectivity index (χ2v) is 6.61. The largest absolute Gasteiger partial charge is 0.490 e. The summed E-state index contributed by atoms with van der Waals surface area (Å²) in [7, 11) is 0. The van der Waals surface area contributed by atoms with E-state index in [0.717, 1.165) is 42.7 Å². The Morgan fingerprint density at radius 3 is 2.56 bits per heavy atom. The first-order valence-electron chi connectivity index (χ1n) is 8.35. The zero-order valence-corrected chi connectivity index (χ0v) is 14.4. The van der Waals surface area contributed by atoms with Gasteiger partial charge < -0.3 is 9.84 Å². The van der Waals surface area contributed by atoms with Crippen molar-refractivity contribution in [1.29, 1.82) is 0 Å². The summed E-state index contributed by atoms with van der Waals surface area (Å²) in [4.78, 5) is 1.99. The number of hydrogen-bond donors (Lipinski definition) is 1. The van der Waals surface area contributed by atoms with E-state index >= 15 is 0 Å². The van der Waals surface area contributed by atoms with E-state index in [9.17, 15) is 5.11 Å². The number of nitrogens with zero attached hydrogens (tertiary/aromatic N) is 4. The van der Waals surface area contributed by atoms with Crippen LogP contribution in [0.5, 0.6) is 5.75 Å². The Labute approximate surface area is 150 Å². The van der Waals surface area contributed by atoms with Gasteiger partial charge in [-0.2, -0.15) is 0 Å². The van der Waals surface area contributed by atoms with Crippen LogP contribution < -0.4 is 4.74 Å². The van der Waals surface area contributed by atoms with Crippen molar-refractivity contribution >= 4 is 22.6 Å². The zero-order valence-electron chi connectivity index (χ0n) is 13.6. The van der Waals surface area contributed by atoms with Gasteiger partial charge in [0, 0.05) is 18.1 Å². The fourth-order valence-corrected chi connectivity index (χ4v) is 3.27. The topological polar surface area (TPSA) is 63.4 Å². The van der Waals surface area contributed by atoms with Gasteiger partial charge in [-0.1, -0.05) is 28.9 Å². The molecule has 4 rings (SSSR count). The van der Waals surface area contributed by atoms with Crippen LogP contribution in [-0.4, -0.2) is 44.2 Å². The second-order valence-electron chi connectivity index (χ2n) is 6.18. The molecule has 0 spiro atoms. The lowest BCUT2D eigenvalue weighted by molar-refractivity contribution is -0.0820. The predicted octanol–water partition coefficient (Wildman–Crippen LogP) is 3.08. The minimum absolute atomic E-state index is 0.136. The van der Waals surface area contributed by atoms with Crippen molar-refractivity contribution in [3.63, 3.8) is 0 Å². The minimum atomic E-state index is -0.816. The molecule has 1 aliphatic heterocycles. The van der Waals surface area contributed by atoms with Gasteiger partial charge in [-0.25, -0.2) is 4.68 Å². The molecule has 1 aromatic heterocycles. The number of aliphatic hydroxyl groups excluding tert-OH is 1. The summed E-state index contributed by atoms with van der Waals surface area (Å²) in [6.07, 6.45) is 1.000. The highest BCUT2D eigenvalue weighted by atomic mass is 35.5. The fraction of sp³-hybridized carbons (Fsp3) is 0.333. The summed E-state index contributed by atoms with van der Waals surface area (Å²) in [5.74, 6) is 0.825. The Morgan fingerprint density at radius 1 is 1.08 bits per heavy atom. The maximum Gasteiger partial charge on any atom is 0.208 e. The lowest BCUT2D eigenvalue weighted by Gasteiger charge is -2.34. The van der Waals surface area contributed by atoms with E-state index < -0.39 is 6.35 Å². The van der Waals surface area contributed by atoms with Crippen molar-refractivity contribution in [3.8, 4) is 5.75 Å². The summed E-state index contributed by atoms with van der Waals surface area (Å²) in [5.41, 5.74) is 1.61. The summed E-state index contributed by atoms with van der Waals surface area (Å²) in [6.45, 7) is 1.46. The predicted molar refractivity (Wildman–Crippen MR) is 95.5 cm³/mol. The molecule has 25 heavy (non-hydrogen) atoms. The molecule has 3 aromatic rings. The summed E-state index contributed by atoms with van der Waals surface area (Å²) in [6, 6.07) is 15.0. The van der Waals surface area contributed by atoms with E-state index in [1.165, 1.54) is 0 Å². The van der Waals surface area contributed by atoms with Gasteiger partial charge in [-0.3, -0.25) is 4.90 Å². The average molecular weight is 359 g/mol. The van der Waals surface area contributed by atoms with Crippen LogP contribution in [0.15, 0.2) is 48.5 Å². The van der Waals surface area contributed by atoms with Gasteiger partial charge in [0.1, 0.15) is 17.4 Å². The molecular weight excluding hydrogens is 340 g/mol. The Hall–Kier alpha value is -2.15. The highest BCUT2D eigenvalue weighted by Gasteiger charge is 2.27. The van der Waals surface area contributed by atoms with Crippen LogP contribution in [0.3, 0.4) is 0 Å². The van der Waals surface area contributed by atoms with Gasteiger partial charge in [0.25, 0.3) is 0 Å². The SMILES string of the molecule is OC(N1CCC(Oc2ccc(Cl)cc2)CC1)n1nnc2ccccc21. The van der Waals surface area contributed by atoms with Crippen LogP contribution in [-0.2, 0) is 0 Å². The summed E-state index contributed by atoms with van der Waals surface area (Å²) in [5, 5.41) is 19.6. The molecule has 0 radical (unpaired) electrons. The van der Waals surface area contributed by atoms with Crippen molar-refractivity contribution in [2.24, 2.45) is 0 Å². The molecular formula is C18H19ClN4O2. The lowest BCUT2D eigenvalue weighted by Crippen LogP contribution is -2.42. The normalized spacial score (nSPS) is 17.7. The van der Waals surface area contributed by atoms with E-state index in [-0.39, 0.29) is 6.10 Å². The van der Waals surface area contributed by atoms with Gasteiger partial charge in [0.15, 0.2) is 0 Å². The zero-order chi connectivity index (χ0) is 17.2. The molecule has 0 saturated carbocycles. The highest BCUT2D eigenvalue weighted by molar-refractivity contribution is 6.30. The Balaban J connectivity index is 1.39. The fourth-order valence-electron chi connectivity index (χ4n) is 3.14. The van der Waals surface area contributed by atoms with Crippen LogP contribution in [0, 0.1) is 0 Å². The molecule has 1 aliphatic rings. The molecule has 6 nitrogen and oxygen atoms in total. The molecule has 130 valence electrons. The molecule has 1 fully saturated rings. The smallest absolute Gasteiger partial charge is 0.208 e. The number of fused-ring (bicyclic) bond motifs is 1. The summed E-state index contributed by atoms with van der Waals surface area (Å²) < 4.78 is 7.56. The van der Waals surface area contributed by atoms with Gasteiger partial charge in [-0.05, 0) is 49.2 Å². The van der Waals surface area contributed by atoms with Gasteiger partial charge in [0.2, 0.25) is 6.35 Å². The average Bonchev–Trinajstić information content (AvgIpc) is 3.08. The third-order valence-electron chi connectivity index (χ3n) is 4.52. The van der Waals surface area contributed by atoms with E-state index in [0.29, 0.717) is 5.02 Å². The standard InChI is InChI=1S/C18H19ClN4O2/c19-13-5-7-14(8-6-13)25-15-9-11-22(12-10-15)18(24)23-17-4-2-1-3-16(17)20-21-23/h1-8,15,18,24H,9-12H2. The number of ether oxygens (including phenoxy) is 1. The first-order valence-corrected chi connectivity index (χ1v) is 8.73. The number of aromatic nitrogens is 3. The Bertz CT molecular complexity index is 844. The molecule has 0 bridgehead atoms. The van der Waals surface area contributed by atoms with Crippen molar-refractivity contribution < 1.29 is 9.84 Å². The van der Waals surface area contributed by atoms with Gasteiger partial charge in [0.05, 0.1) is 5.52 Å². The van der Waals surface area contributed by atoms with Crippen LogP contribution in [0.2, 0.25) is 5.02 Å². The Morgan fingerprint density at radius 2 is 1.80 bits per heavy atom. The lowest BCUT2D eigenvalue weighted by atomic mass is 10.1. The molecule has 1 saturated heterocycles. The van der Waals surface area contributed by atoms with Gasteiger partial charge in [-0.15, -0.1) is 5.10 Å². The molecule has 1 atom stereocenters. The van der Waals surface area contributed by atoms with Crippen molar-refractivity contribution in [2.75, 3.05) is 13.1 Å². The second kappa shape index (κ2) is 7.00. The summed E-state index contributed by atoms with van der Waals surface area (Å²) >= 11 is 5.90. The molecule has 2 heterocycles. The number of halogens is 1. The quantitative estimate of drug-likeness (QED) is 0.776. The van der Waals surface area contributed by atoms with Crippen molar-refractivity contribution in [1.82, 2.24) is 19.9 Å². The number of hydrogen-bond acceptors (Lipinski definition) is 5. The van der Waals surface area contributed by atoms with Crippen LogP contribution in [0.1, 0.15) is 19.2 Å². The number of piperidine rings is 1. The van der Waals surface area contributed by atoms with Crippen molar-refractivity contribution in [3.05, 3.63) is 53.6 Å². The van der Waals surface area contributed by atoms with Gasteiger partial charge >= 0.3 is 0 Å². The number of likely N-dealkylation sites (tertiary alicyclic amines) is 1. The molecule has 0 aliphatic carbocycles. The van der Waals surface area contributed by atoms with Crippen LogP contribution in [0.4, 0.5) is 0 Å². The first-order chi connectivity index (χ1) is 12.2. The molecule has 0 amide bonds. The first kappa shape index (κ1) is 16.3. The maximum absolute atomic E-state index is 10.7. The molecule has 1 N–H and O–H groups in total. The van der Waals surface area contributed by atoms with E-state index in [1.807, 2.05) is 53.4 Å². The van der Waals surface area contributed by atoms with Crippen LogP contribution >= 0.6 is 11.6 Å².